The lowest BCUT2D eigenvalue weighted by Gasteiger charge is -2.15. The molecule has 2 atom stereocenters. The zero-order valence-electron chi connectivity index (χ0n) is 10.9. The number of carboxylic acids is 1. The van der Waals surface area contributed by atoms with E-state index in [0.29, 0.717) is 5.69 Å². The highest BCUT2D eigenvalue weighted by atomic mass is 127. The van der Waals surface area contributed by atoms with Crippen molar-refractivity contribution in [2.75, 3.05) is 10.7 Å². The van der Waals surface area contributed by atoms with Gasteiger partial charge in [-0.15, -0.1) is 11.8 Å². The van der Waals surface area contributed by atoms with E-state index in [4.69, 9.17) is 10.8 Å². The quantitative estimate of drug-likeness (QED) is 0.546. The molecule has 1 aliphatic heterocycles. The molecule has 1 saturated heterocycles. The van der Waals surface area contributed by atoms with Crippen LogP contribution < -0.4 is 10.6 Å². The molecule has 0 saturated carbocycles. The van der Waals surface area contributed by atoms with E-state index in [9.17, 15) is 14.4 Å². The van der Waals surface area contributed by atoms with Gasteiger partial charge < -0.3 is 10.8 Å². The molecule has 0 spiro atoms. The second-order valence-corrected chi connectivity index (χ2v) is 7.00. The van der Waals surface area contributed by atoms with E-state index in [-0.39, 0.29) is 24.0 Å². The van der Waals surface area contributed by atoms with Gasteiger partial charge in [0.25, 0.3) is 0 Å². The van der Waals surface area contributed by atoms with Gasteiger partial charge in [-0.3, -0.25) is 14.4 Å². The average Bonchev–Trinajstić information content (AvgIpc) is 2.70. The van der Waals surface area contributed by atoms with E-state index in [2.05, 4.69) is 22.6 Å². The molecule has 3 N–H and O–H groups in total. The number of hydrogen-bond acceptors (Lipinski definition) is 5. The molecule has 1 aromatic rings. The lowest BCUT2D eigenvalue weighted by atomic mass is 10.3. The number of amides is 2. The maximum absolute atomic E-state index is 12.3. The van der Waals surface area contributed by atoms with Crippen LogP contribution in [0.2, 0.25) is 0 Å². The molecular formula is C13H13IN2O4S. The van der Waals surface area contributed by atoms with Crippen LogP contribution in [0, 0.1) is 3.57 Å². The van der Waals surface area contributed by atoms with Crippen molar-refractivity contribution in [1.29, 1.82) is 0 Å². The first-order valence-corrected chi connectivity index (χ1v) is 8.25. The monoisotopic (exact) mass is 420 g/mol. The predicted molar refractivity (Wildman–Crippen MR) is 88.1 cm³/mol. The number of carboxylic acid groups (broad SMARTS) is 1. The van der Waals surface area contributed by atoms with Crippen LogP contribution in [0.15, 0.2) is 24.3 Å². The zero-order chi connectivity index (χ0) is 15.6. The van der Waals surface area contributed by atoms with Gasteiger partial charge in [-0.05, 0) is 40.8 Å². The number of carbonyl (C=O) groups is 3. The van der Waals surface area contributed by atoms with Crippen LogP contribution in [0.3, 0.4) is 0 Å². The Morgan fingerprint density at radius 3 is 2.86 bits per heavy atom. The summed E-state index contributed by atoms with van der Waals surface area (Å²) >= 11 is 3.22. The van der Waals surface area contributed by atoms with Crippen molar-refractivity contribution >= 4 is 57.8 Å². The number of halogens is 1. The van der Waals surface area contributed by atoms with Crippen molar-refractivity contribution < 1.29 is 19.5 Å². The third-order valence-corrected chi connectivity index (χ3v) is 4.96. The molecule has 112 valence electrons. The first kappa shape index (κ1) is 16.2. The molecule has 1 fully saturated rings. The van der Waals surface area contributed by atoms with Crippen LogP contribution in [-0.2, 0) is 14.4 Å². The molecule has 2 unspecified atom stereocenters. The standard InChI is InChI=1S/C13H13IN2O4S/c14-7-2-1-3-8(4-7)16-11(17)5-10(12(16)18)21-6-9(15)13(19)20/h1-4,9-10H,5-6,15H2,(H,19,20). The largest absolute Gasteiger partial charge is 0.480 e. The van der Waals surface area contributed by atoms with Crippen molar-refractivity contribution in [3.8, 4) is 0 Å². The number of nitrogens with zero attached hydrogens (tertiary/aromatic N) is 1. The summed E-state index contributed by atoms with van der Waals surface area (Å²) in [5, 5.41) is 8.16. The smallest absolute Gasteiger partial charge is 0.321 e. The Labute approximate surface area is 139 Å². The highest BCUT2D eigenvalue weighted by molar-refractivity contribution is 14.1. The normalized spacial score (nSPS) is 19.9. The fourth-order valence-electron chi connectivity index (χ4n) is 1.91. The van der Waals surface area contributed by atoms with Crippen molar-refractivity contribution in [1.82, 2.24) is 0 Å². The molecule has 0 aliphatic carbocycles. The number of hydrogen-bond donors (Lipinski definition) is 2. The lowest BCUT2D eigenvalue weighted by molar-refractivity contribution is -0.138. The fourth-order valence-corrected chi connectivity index (χ4v) is 3.53. The molecule has 1 aliphatic rings. The van der Waals surface area contributed by atoms with Crippen LogP contribution >= 0.6 is 34.4 Å². The van der Waals surface area contributed by atoms with Crippen LogP contribution in [0.25, 0.3) is 0 Å². The average molecular weight is 420 g/mol. The van der Waals surface area contributed by atoms with Gasteiger partial charge in [-0.1, -0.05) is 6.07 Å². The second-order valence-electron chi connectivity index (χ2n) is 4.52. The third kappa shape index (κ3) is 3.74. The van der Waals surface area contributed by atoms with Crippen LogP contribution in [0.5, 0.6) is 0 Å². The number of benzene rings is 1. The van der Waals surface area contributed by atoms with Gasteiger partial charge in [-0.2, -0.15) is 0 Å². The minimum Gasteiger partial charge on any atom is -0.480 e. The molecule has 2 amide bonds. The Morgan fingerprint density at radius 2 is 2.24 bits per heavy atom. The summed E-state index contributed by atoms with van der Waals surface area (Å²) < 4.78 is 0.926. The molecule has 1 heterocycles. The Hall–Kier alpha value is -1.13. The number of rotatable bonds is 5. The first-order valence-electron chi connectivity index (χ1n) is 6.12. The lowest BCUT2D eigenvalue weighted by Crippen LogP contribution is -2.35. The Kier molecular flexibility index (Phi) is 5.22. The Bertz CT molecular complexity index is 595. The molecule has 2 rings (SSSR count). The Balaban J connectivity index is 2.08. The van der Waals surface area contributed by atoms with Gasteiger partial charge in [0.15, 0.2) is 0 Å². The number of imide groups is 1. The number of thioether (sulfide) groups is 1. The summed E-state index contributed by atoms with van der Waals surface area (Å²) in [6.07, 6.45) is 0.0707. The van der Waals surface area contributed by atoms with Gasteiger partial charge >= 0.3 is 5.97 Å². The number of anilines is 1. The third-order valence-electron chi connectivity index (χ3n) is 2.97. The molecule has 0 bridgehead atoms. The molecule has 6 nitrogen and oxygen atoms in total. The van der Waals surface area contributed by atoms with Crippen molar-refractivity contribution in [2.24, 2.45) is 5.73 Å². The number of carbonyl (C=O) groups excluding carboxylic acids is 2. The number of aliphatic carboxylic acids is 1. The van der Waals surface area contributed by atoms with Crippen LogP contribution in [0.1, 0.15) is 6.42 Å². The molecule has 8 heteroatoms. The zero-order valence-corrected chi connectivity index (χ0v) is 13.8. The van der Waals surface area contributed by atoms with E-state index in [1.54, 1.807) is 18.2 Å². The predicted octanol–water partition coefficient (Wildman–Crippen LogP) is 1.07. The van der Waals surface area contributed by atoms with E-state index >= 15 is 0 Å². The maximum atomic E-state index is 12.3. The molecule has 0 aromatic heterocycles. The second kappa shape index (κ2) is 6.75. The minimum absolute atomic E-state index is 0.0707. The summed E-state index contributed by atoms with van der Waals surface area (Å²) in [4.78, 5) is 36.2. The van der Waals surface area contributed by atoms with E-state index < -0.39 is 17.3 Å². The van der Waals surface area contributed by atoms with E-state index in [0.717, 1.165) is 20.2 Å². The SMILES string of the molecule is NC(CSC1CC(=O)N(c2cccc(I)c2)C1=O)C(=O)O. The molecule has 1 aromatic carbocycles. The summed E-state index contributed by atoms with van der Waals surface area (Å²) in [6, 6.07) is 6.07. The van der Waals surface area contributed by atoms with Gasteiger partial charge in [0.1, 0.15) is 6.04 Å². The maximum Gasteiger partial charge on any atom is 0.321 e. The van der Waals surface area contributed by atoms with Crippen LogP contribution in [-0.4, -0.2) is 39.9 Å². The Morgan fingerprint density at radius 1 is 1.52 bits per heavy atom. The molecule has 21 heavy (non-hydrogen) atoms. The van der Waals surface area contributed by atoms with Crippen LogP contribution in [0.4, 0.5) is 5.69 Å². The summed E-state index contributed by atoms with van der Waals surface area (Å²) in [5.41, 5.74) is 5.95. The van der Waals surface area contributed by atoms with Crippen molar-refractivity contribution in [2.45, 2.75) is 17.7 Å². The highest BCUT2D eigenvalue weighted by Crippen LogP contribution is 2.30. The summed E-state index contributed by atoms with van der Waals surface area (Å²) in [6.45, 7) is 0. The fraction of sp³-hybridized carbons (Fsp3) is 0.308. The highest BCUT2D eigenvalue weighted by Gasteiger charge is 2.40. The van der Waals surface area contributed by atoms with E-state index in [1.807, 2.05) is 6.07 Å². The van der Waals surface area contributed by atoms with Gasteiger partial charge in [0.2, 0.25) is 11.8 Å². The summed E-state index contributed by atoms with van der Waals surface area (Å²) in [7, 11) is 0. The summed E-state index contributed by atoms with van der Waals surface area (Å²) in [5.74, 6) is -1.61. The topological polar surface area (TPSA) is 101 Å². The molecular weight excluding hydrogens is 407 g/mol. The number of nitrogens with two attached hydrogens (primary N) is 1. The first-order chi connectivity index (χ1) is 9.90. The van der Waals surface area contributed by atoms with Gasteiger partial charge in [0.05, 0.1) is 10.9 Å². The van der Waals surface area contributed by atoms with E-state index in [1.165, 1.54) is 0 Å². The minimum atomic E-state index is -1.12. The van der Waals surface area contributed by atoms with Crippen molar-refractivity contribution in [3.05, 3.63) is 27.8 Å². The van der Waals surface area contributed by atoms with Crippen molar-refractivity contribution in [3.63, 3.8) is 0 Å². The van der Waals surface area contributed by atoms with Gasteiger partial charge in [0, 0.05) is 15.7 Å². The molecule has 0 radical (unpaired) electrons. The van der Waals surface area contributed by atoms with Gasteiger partial charge in [-0.25, -0.2) is 4.90 Å².